The second-order valence-corrected chi connectivity index (χ2v) is 10.0. The molecule has 156 valence electrons. The Bertz CT molecular complexity index is 1840. The molecule has 0 bridgehead atoms. The minimum atomic E-state index is -0.123. The number of pyridine rings is 1. The van der Waals surface area contributed by atoms with E-state index in [4.69, 9.17) is 4.74 Å². The van der Waals surface area contributed by atoms with Gasteiger partial charge < -0.3 is 4.74 Å². The number of rotatable bonds is 0. The zero-order valence-electron chi connectivity index (χ0n) is 18.6. The van der Waals surface area contributed by atoms with E-state index < -0.39 is 0 Å². The van der Waals surface area contributed by atoms with Gasteiger partial charge in [-0.15, -0.1) is 0 Å². The standard InChI is InChI=1S/C31H22NO/c1-31(2)26-15-25-22-10-6-5-7-18(22)11-12-23(25)30-27(26)29-28(31)24-14-20-9-4-3-8-19(20)13-21(24)16-32(29)17-33-30/h3-16H,17H2,1-2H3/q+1. The molecule has 0 amide bonds. The van der Waals surface area contributed by atoms with Crippen LogP contribution < -0.4 is 9.30 Å². The first kappa shape index (κ1) is 17.6. The van der Waals surface area contributed by atoms with Gasteiger partial charge in [-0.25, -0.2) is 0 Å². The van der Waals surface area contributed by atoms with Crippen LogP contribution in [-0.4, -0.2) is 0 Å². The number of hydrogen-bond acceptors (Lipinski definition) is 1. The Morgan fingerprint density at radius 1 is 0.697 bits per heavy atom. The molecule has 2 aliphatic rings. The van der Waals surface area contributed by atoms with E-state index >= 15 is 0 Å². The highest BCUT2D eigenvalue weighted by atomic mass is 16.5. The number of aromatic nitrogens is 1. The van der Waals surface area contributed by atoms with Gasteiger partial charge >= 0.3 is 0 Å². The molecule has 0 spiro atoms. The van der Waals surface area contributed by atoms with Crippen LogP contribution in [0.5, 0.6) is 5.75 Å². The Kier molecular flexibility index (Phi) is 3.05. The molecule has 0 atom stereocenters. The highest BCUT2D eigenvalue weighted by Crippen LogP contribution is 2.56. The Balaban J connectivity index is 1.57. The minimum Gasteiger partial charge on any atom is -0.434 e. The van der Waals surface area contributed by atoms with E-state index in [0.717, 1.165) is 5.75 Å². The van der Waals surface area contributed by atoms with Crippen LogP contribution in [0.1, 0.15) is 25.0 Å². The molecular formula is C31H22NO+. The van der Waals surface area contributed by atoms with Crippen LogP contribution in [-0.2, 0) is 12.1 Å². The zero-order chi connectivity index (χ0) is 21.9. The second-order valence-electron chi connectivity index (χ2n) is 10.0. The van der Waals surface area contributed by atoms with Crippen LogP contribution in [0.15, 0.2) is 85.1 Å². The van der Waals surface area contributed by atoms with E-state index in [0.29, 0.717) is 6.73 Å². The van der Waals surface area contributed by atoms with E-state index in [-0.39, 0.29) is 5.41 Å². The summed E-state index contributed by atoms with van der Waals surface area (Å²) in [5.74, 6) is 1.04. The first-order valence-electron chi connectivity index (χ1n) is 11.6. The predicted octanol–water partition coefficient (Wildman–Crippen LogP) is 7.24. The molecule has 1 aliphatic heterocycles. The highest BCUT2D eigenvalue weighted by molar-refractivity contribution is 6.13. The Hall–Kier alpha value is -3.91. The summed E-state index contributed by atoms with van der Waals surface area (Å²) >= 11 is 0. The second kappa shape index (κ2) is 5.71. The van der Waals surface area contributed by atoms with Crippen LogP contribution in [0.25, 0.3) is 54.3 Å². The van der Waals surface area contributed by atoms with Gasteiger partial charge in [-0.05, 0) is 62.1 Å². The normalized spacial score (nSPS) is 15.3. The maximum absolute atomic E-state index is 6.52. The molecule has 0 fully saturated rings. The Morgan fingerprint density at radius 2 is 1.45 bits per heavy atom. The Labute approximate surface area is 191 Å². The first-order chi connectivity index (χ1) is 16.1. The maximum Gasteiger partial charge on any atom is 0.292 e. The lowest BCUT2D eigenvalue weighted by Crippen LogP contribution is -2.42. The lowest BCUT2D eigenvalue weighted by atomic mass is 9.79. The molecule has 0 saturated carbocycles. The molecule has 6 aromatic rings. The van der Waals surface area contributed by atoms with Gasteiger partial charge in [0, 0.05) is 21.8 Å². The topological polar surface area (TPSA) is 13.1 Å². The van der Waals surface area contributed by atoms with Gasteiger partial charge in [0.2, 0.25) is 5.69 Å². The largest absolute Gasteiger partial charge is 0.434 e. The molecule has 0 saturated heterocycles. The van der Waals surface area contributed by atoms with E-state index in [1.807, 2.05) is 0 Å². The lowest BCUT2D eigenvalue weighted by Gasteiger charge is -2.22. The van der Waals surface area contributed by atoms with Gasteiger partial charge in [-0.2, -0.15) is 4.57 Å². The number of nitrogens with zero attached hydrogens (tertiary/aromatic N) is 1. The fourth-order valence-corrected chi connectivity index (χ4v) is 6.36. The van der Waals surface area contributed by atoms with Crippen molar-refractivity contribution in [2.24, 2.45) is 0 Å². The van der Waals surface area contributed by atoms with Gasteiger partial charge in [-0.3, -0.25) is 0 Å². The molecule has 2 heteroatoms. The summed E-state index contributed by atoms with van der Waals surface area (Å²) < 4.78 is 8.84. The summed E-state index contributed by atoms with van der Waals surface area (Å²) in [6.45, 7) is 5.30. The molecule has 0 unspecified atom stereocenters. The molecular weight excluding hydrogens is 402 g/mol. The molecule has 2 nitrogen and oxygen atoms in total. The minimum absolute atomic E-state index is 0.123. The number of benzene rings is 5. The van der Waals surface area contributed by atoms with E-state index in [1.165, 1.54) is 65.5 Å². The first-order valence-corrected chi connectivity index (χ1v) is 11.6. The van der Waals surface area contributed by atoms with Crippen molar-refractivity contribution in [3.05, 3.63) is 96.2 Å². The third-order valence-corrected chi connectivity index (χ3v) is 7.89. The summed E-state index contributed by atoms with van der Waals surface area (Å²) in [5, 5.41) is 10.2. The fourth-order valence-electron chi connectivity index (χ4n) is 6.36. The summed E-state index contributed by atoms with van der Waals surface area (Å²) in [4.78, 5) is 0. The lowest BCUT2D eigenvalue weighted by molar-refractivity contribution is -0.716. The van der Waals surface area contributed by atoms with Crippen molar-refractivity contribution in [2.75, 3.05) is 0 Å². The molecule has 0 radical (unpaired) electrons. The van der Waals surface area contributed by atoms with Crippen LogP contribution in [0.4, 0.5) is 0 Å². The molecule has 2 heterocycles. The number of ether oxygens (including phenoxy) is 1. The van der Waals surface area contributed by atoms with Crippen molar-refractivity contribution >= 4 is 43.1 Å². The third-order valence-electron chi connectivity index (χ3n) is 7.89. The zero-order valence-corrected chi connectivity index (χ0v) is 18.6. The predicted molar refractivity (Wildman–Crippen MR) is 135 cm³/mol. The van der Waals surface area contributed by atoms with Crippen molar-refractivity contribution in [2.45, 2.75) is 26.0 Å². The number of hydrogen-bond donors (Lipinski definition) is 0. The van der Waals surface area contributed by atoms with Gasteiger partial charge in [0.05, 0.1) is 5.56 Å². The maximum atomic E-state index is 6.52. The van der Waals surface area contributed by atoms with E-state index in [2.05, 4.69) is 103 Å². The van der Waals surface area contributed by atoms with Gasteiger partial charge in [0.15, 0.2) is 6.20 Å². The van der Waals surface area contributed by atoms with Crippen LogP contribution in [0.3, 0.4) is 0 Å². The van der Waals surface area contributed by atoms with Crippen molar-refractivity contribution in [1.82, 2.24) is 0 Å². The monoisotopic (exact) mass is 424 g/mol. The van der Waals surface area contributed by atoms with Crippen molar-refractivity contribution in [3.8, 4) is 17.0 Å². The summed E-state index contributed by atoms with van der Waals surface area (Å²) in [6.07, 6.45) is 2.28. The SMILES string of the molecule is CC1(C)c2cc3c(ccc4ccccc43)c3c2-c2c1c1cc4ccccc4cc1c[n+]2CO3. The Morgan fingerprint density at radius 3 is 2.30 bits per heavy atom. The fraction of sp³-hybridized carbons (Fsp3) is 0.129. The quantitative estimate of drug-likeness (QED) is 0.142. The molecule has 33 heavy (non-hydrogen) atoms. The van der Waals surface area contributed by atoms with Crippen LogP contribution in [0.2, 0.25) is 0 Å². The smallest absolute Gasteiger partial charge is 0.292 e. The summed E-state index contributed by atoms with van der Waals surface area (Å²) in [5.41, 5.74) is 5.27. The molecule has 8 rings (SSSR count). The van der Waals surface area contributed by atoms with Gasteiger partial charge in [0.1, 0.15) is 5.75 Å². The summed E-state index contributed by atoms with van der Waals surface area (Å²) in [6, 6.07) is 28.9. The van der Waals surface area contributed by atoms with Gasteiger partial charge in [0.25, 0.3) is 6.73 Å². The highest BCUT2D eigenvalue weighted by Gasteiger charge is 2.47. The van der Waals surface area contributed by atoms with Crippen LogP contribution in [0, 0.1) is 0 Å². The van der Waals surface area contributed by atoms with Crippen molar-refractivity contribution in [1.29, 1.82) is 0 Å². The average molecular weight is 425 g/mol. The average Bonchev–Trinajstić information content (AvgIpc) is 3.08. The van der Waals surface area contributed by atoms with Gasteiger partial charge in [-0.1, -0.05) is 68.4 Å². The summed E-state index contributed by atoms with van der Waals surface area (Å²) in [7, 11) is 0. The third kappa shape index (κ3) is 2.07. The number of fused-ring (bicyclic) bond motifs is 7. The van der Waals surface area contributed by atoms with E-state index in [9.17, 15) is 0 Å². The molecule has 0 N–H and O–H groups in total. The van der Waals surface area contributed by atoms with Crippen molar-refractivity contribution < 1.29 is 9.30 Å². The molecule has 5 aromatic carbocycles. The van der Waals surface area contributed by atoms with Crippen LogP contribution >= 0.6 is 0 Å². The molecule has 1 aromatic heterocycles. The van der Waals surface area contributed by atoms with Crippen molar-refractivity contribution in [3.63, 3.8) is 0 Å². The van der Waals surface area contributed by atoms with E-state index in [1.54, 1.807) is 0 Å². The molecule has 1 aliphatic carbocycles.